The highest BCUT2D eigenvalue weighted by atomic mass is 16.4. The molecule has 1 unspecified atom stereocenters. The second kappa shape index (κ2) is 17.3. The Morgan fingerprint density at radius 2 is 1.18 bits per heavy atom. The number of carbonyl (C=O) groups excluding carboxylic acids is 3. The van der Waals surface area contributed by atoms with Gasteiger partial charge in [-0.15, -0.1) is 0 Å². The molecule has 11 N–H and O–H groups in total. The Morgan fingerprint density at radius 1 is 0.706 bits per heavy atom. The maximum Gasteiger partial charge on any atom is 0.339 e. The lowest BCUT2D eigenvalue weighted by Crippen LogP contribution is -2.48. The number of hydrogen-bond donors (Lipinski definition) is 11. The summed E-state index contributed by atoms with van der Waals surface area (Å²) in [6.07, 6.45) is -0.109. The zero-order valence-corrected chi connectivity index (χ0v) is 27.5. The molecule has 0 saturated heterocycles. The number of phenolic OH excluding ortho intramolecular Hbond substituents is 1. The van der Waals surface area contributed by atoms with Crippen LogP contribution in [-0.2, 0) is 4.79 Å². The lowest BCUT2D eigenvalue weighted by Gasteiger charge is -2.28. The minimum Gasteiger partial charge on any atom is -0.504 e. The molecule has 2 heterocycles. The van der Waals surface area contributed by atoms with Crippen LogP contribution in [0.4, 0.5) is 0 Å². The molecule has 0 aliphatic carbocycles. The normalized spacial score (nSPS) is 11.5. The van der Waals surface area contributed by atoms with Crippen molar-refractivity contribution in [3.63, 3.8) is 0 Å². The molecule has 51 heavy (non-hydrogen) atoms. The van der Waals surface area contributed by atoms with Gasteiger partial charge in [0.25, 0.3) is 28.8 Å². The fraction of sp³-hybridized carbons (Fsp3) is 0.344. The van der Waals surface area contributed by atoms with E-state index in [0.717, 1.165) is 12.1 Å². The molecular weight excluding hydrogens is 676 g/mol. The number of carboxylic acid groups (broad SMARTS) is 2. The summed E-state index contributed by atoms with van der Waals surface area (Å²) in [6.45, 7) is 2.87. The van der Waals surface area contributed by atoms with Gasteiger partial charge in [0.15, 0.2) is 23.0 Å². The third kappa shape index (κ3) is 10.6. The molecule has 1 atom stereocenters. The standard InChI is InChI=1S/C32H38N6O13/c1-15-12-20(25(43)30(48)35-15)27(45)33-8-10-38(11-9-34-28(46)21-13-16(2)36-31(49)26(21)44)14-17(4-3-5-22(39)40)37-29(47)18-6-7-19(32(50)51)24(42)23(18)41/h6-7,12-13,17,41-44H,3-5,8-11,14H2,1-2H3,(H,33,45)(H,34,46)(H,35,48)(H,36,49)(H,37,47)(H,39,40)(H,50,51). The molecular formula is C32H38N6O13. The molecule has 19 nitrogen and oxygen atoms in total. The van der Waals surface area contributed by atoms with Crippen molar-refractivity contribution in [2.24, 2.45) is 0 Å². The van der Waals surface area contributed by atoms with Crippen molar-refractivity contribution >= 4 is 29.7 Å². The van der Waals surface area contributed by atoms with Crippen LogP contribution in [0.25, 0.3) is 0 Å². The van der Waals surface area contributed by atoms with Crippen LogP contribution in [-0.4, -0.2) is 114 Å². The van der Waals surface area contributed by atoms with Crippen LogP contribution in [0.5, 0.6) is 23.0 Å². The van der Waals surface area contributed by atoms with Gasteiger partial charge in [0.2, 0.25) is 0 Å². The Morgan fingerprint density at radius 3 is 1.65 bits per heavy atom. The number of aromatic amines is 2. The molecule has 1 aromatic carbocycles. The Bertz CT molecular complexity index is 1850. The van der Waals surface area contributed by atoms with E-state index in [4.69, 9.17) is 0 Å². The Balaban J connectivity index is 1.83. The first-order valence-corrected chi connectivity index (χ1v) is 15.5. The second-order valence-corrected chi connectivity index (χ2v) is 11.5. The lowest BCUT2D eigenvalue weighted by atomic mass is 10.1. The van der Waals surface area contributed by atoms with Crippen molar-refractivity contribution in [1.82, 2.24) is 30.8 Å². The average molecular weight is 715 g/mol. The fourth-order valence-corrected chi connectivity index (χ4v) is 5.07. The molecule has 0 aliphatic rings. The van der Waals surface area contributed by atoms with Gasteiger partial charge in [0.05, 0.1) is 16.7 Å². The SMILES string of the molecule is Cc1cc(C(=O)NCCN(CCNC(=O)c2cc(C)[nH]c(=O)c2O)CC(CCCC(=O)O)NC(=O)c2ccc(C(=O)O)c(O)c2O)c(O)c(=O)[nH]1. The zero-order chi connectivity index (χ0) is 38.0. The summed E-state index contributed by atoms with van der Waals surface area (Å²) in [4.78, 5) is 91.6. The molecule has 3 amide bonds. The number of phenols is 2. The first-order valence-electron chi connectivity index (χ1n) is 15.5. The second-order valence-electron chi connectivity index (χ2n) is 11.5. The van der Waals surface area contributed by atoms with Crippen LogP contribution < -0.4 is 27.1 Å². The maximum absolute atomic E-state index is 13.2. The number of nitrogens with zero attached hydrogens (tertiary/aromatic N) is 1. The van der Waals surface area contributed by atoms with Crippen LogP contribution in [0.15, 0.2) is 33.9 Å². The van der Waals surface area contributed by atoms with Crippen LogP contribution in [0.3, 0.4) is 0 Å². The van der Waals surface area contributed by atoms with Gasteiger partial charge in [-0.05, 0) is 51.0 Å². The number of aryl methyl sites for hydroxylation is 2. The van der Waals surface area contributed by atoms with Crippen LogP contribution in [0.2, 0.25) is 0 Å². The molecule has 19 heteroatoms. The topological polar surface area (TPSA) is 312 Å². The minimum absolute atomic E-state index is 0.0323. The molecule has 0 bridgehead atoms. The summed E-state index contributed by atoms with van der Waals surface area (Å²) in [5.41, 5.74) is -2.76. The number of carbonyl (C=O) groups is 5. The fourth-order valence-electron chi connectivity index (χ4n) is 5.07. The number of benzene rings is 1. The predicted molar refractivity (Wildman–Crippen MR) is 178 cm³/mol. The number of aromatic hydroxyl groups is 4. The summed E-state index contributed by atoms with van der Waals surface area (Å²) in [5.74, 6) is -8.74. The van der Waals surface area contributed by atoms with E-state index in [1.165, 1.54) is 26.0 Å². The number of aromatic carboxylic acids is 1. The van der Waals surface area contributed by atoms with Gasteiger partial charge < -0.3 is 56.6 Å². The summed E-state index contributed by atoms with van der Waals surface area (Å²) < 4.78 is 0. The van der Waals surface area contributed by atoms with Gasteiger partial charge >= 0.3 is 11.9 Å². The number of H-pyrrole nitrogens is 2. The first kappa shape index (κ1) is 39.1. The largest absolute Gasteiger partial charge is 0.504 e. The van der Waals surface area contributed by atoms with Crippen molar-refractivity contribution in [3.8, 4) is 23.0 Å². The molecule has 0 aliphatic heterocycles. The van der Waals surface area contributed by atoms with E-state index in [2.05, 4.69) is 25.9 Å². The summed E-state index contributed by atoms with van der Waals surface area (Å²) in [7, 11) is 0. The van der Waals surface area contributed by atoms with Gasteiger partial charge in [0.1, 0.15) is 5.56 Å². The first-order chi connectivity index (χ1) is 24.0. The van der Waals surface area contributed by atoms with Gasteiger partial charge in [-0.25, -0.2) is 4.79 Å². The third-order valence-corrected chi connectivity index (χ3v) is 7.58. The van der Waals surface area contributed by atoms with E-state index >= 15 is 0 Å². The maximum atomic E-state index is 13.2. The van der Waals surface area contributed by atoms with Gasteiger partial charge in [-0.3, -0.25) is 33.7 Å². The van der Waals surface area contributed by atoms with Crippen molar-refractivity contribution < 1.29 is 54.6 Å². The van der Waals surface area contributed by atoms with E-state index in [-0.39, 0.29) is 63.1 Å². The van der Waals surface area contributed by atoms with E-state index < -0.39 is 80.9 Å². The predicted octanol–water partition coefficient (Wildman–Crippen LogP) is -0.284. The summed E-state index contributed by atoms with van der Waals surface area (Å²) in [6, 6.07) is 3.61. The Labute approximate surface area is 288 Å². The van der Waals surface area contributed by atoms with Crippen molar-refractivity contribution in [2.75, 3.05) is 32.7 Å². The highest BCUT2D eigenvalue weighted by molar-refractivity contribution is 6.01. The van der Waals surface area contributed by atoms with Crippen LogP contribution in [0, 0.1) is 13.8 Å². The minimum atomic E-state index is -1.55. The highest BCUT2D eigenvalue weighted by Gasteiger charge is 2.24. The molecule has 274 valence electrons. The quantitative estimate of drug-likeness (QED) is 0.0802. The molecule has 3 aromatic rings. The van der Waals surface area contributed by atoms with Crippen LogP contribution in [0.1, 0.15) is 72.1 Å². The summed E-state index contributed by atoms with van der Waals surface area (Å²) >= 11 is 0. The molecule has 2 aromatic heterocycles. The Hall–Kier alpha value is -6.37. The average Bonchev–Trinajstić information content (AvgIpc) is 3.04. The molecule has 0 fully saturated rings. The van der Waals surface area contributed by atoms with Crippen LogP contribution >= 0.6 is 0 Å². The number of aliphatic carboxylic acids is 1. The van der Waals surface area contributed by atoms with E-state index in [0.29, 0.717) is 11.4 Å². The zero-order valence-electron chi connectivity index (χ0n) is 27.5. The Kier molecular flexibility index (Phi) is 13.3. The molecule has 3 rings (SSSR count). The molecule has 0 saturated carbocycles. The highest BCUT2D eigenvalue weighted by Crippen LogP contribution is 2.32. The number of carboxylic acids is 2. The number of hydrogen-bond acceptors (Lipinski definition) is 12. The van der Waals surface area contributed by atoms with E-state index in [1.807, 2.05) is 0 Å². The smallest absolute Gasteiger partial charge is 0.339 e. The molecule has 0 radical (unpaired) electrons. The van der Waals surface area contributed by atoms with Crippen molar-refractivity contribution in [3.05, 3.63) is 78.6 Å². The summed E-state index contributed by atoms with van der Waals surface area (Å²) in [5, 5.41) is 66.7. The monoisotopic (exact) mass is 714 g/mol. The molecule has 0 spiro atoms. The number of amides is 3. The number of nitrogens with one attached hydrogen (secondary N) is 5. The number of aromatic nitrogens is 2. The third-order valence-electron chi connectivity index (χ3n) is 7.58. The van der Waals surface area contributed by atoms with Crippen molar-refractivity contribution in [2.45, 2.75) is 39.2 Å². The van der Waals surface area contributed by atoms with Gasteiger partial charge in [-0.1, -0.05) is 0 Å². The van der Waals surface area contributed by atoms with E-state index in [9.17, 15) is 64.2 Å². The van der Waals surface area contributed by atoms with E-state index in [1.54, 1.807) is 4.90 Å². The van der Waals surface area contributed by atoms with Crippen molar-refractivity contribution in [1.29, 1.82) is 0 Å². The van der Waals surface area contributed by atoms with Gasteiger partial charge in [-0.2, -0.15) is 0 Å². The lowest BCUT2D eigenvalue weighted by molar-refractivity contribution is -0.137. The number of pyridine rings is 2. The number of rotatable bonds is 17. The van der Waals surface area contributed by atoms with Gasteiger partial charge in [0, 0.05) is 56.6 Å².